The molecule has 4 heterocycles. The van der Waals surface area contributed by atoms with Crippen molar-refractivity contribution >= 4 is 22.8 Å². The van der Waals surface area contributed by atoms with Crippen molar-refractivity contribution < 1.29 is 9.53 Å². The molecule has 0 saturated heterocycles. The van der Waals surface area contributed by atoms with Gasteiger partial charge in [0.2, 0.25) is 0 Å². The molecule has 4 rings (SSSR count). The summed E-state index contributed by atoms with van der Waals surface area (Å²) in [7, 11) is 0. The van der Waals surface area contributed by atoms with Gasteiger partial charge < -0.3 is 4.74 Å². The van der Waals surface area contributed by atoms with Gasteiger partial charge in [-0.1, -0.05) is 0 Å². The summed E-state index contributed by atoms with van der Waals surface area (Å²) in [5, 5.41) is 19.5. The molecule has 0 spiro atoms. The van der Waals surface area contributed by atoms with Crippen molar-refractivity contribution in [1.29, 1.82) is 5.26 Å². The highest BCUT2D eigenvalue weighted by Gasteiger charge is 2.17. The van der Waals surface area contributed by atoms with E-state index >= 15 is 0 Å². The first-order valence-electron chi connectivity index (χ1n) is 7.93. The van der Waals surface area contributed by atoms with Crippen LogP contribution in [0.2, 0.25) is 0 Å². The maximum atomic E-state index is 12.8. The monoisotopic (exact) mass is 376 g/mol. The lowest BCUT2D eigenvalue weighted by Gasteiger charge is -2.08. The molecule has 0 unspecified atom stereocenters. The number of hydrogen-bond acceptors (Lipinski definition) is 8. The van der Waals surface area contributed by atoms with Gasteiger partial charge in [0.25, 0.3) is 0 Å². The number of nitriles is 1. The number of rotatable bonds is 5. The highest BCUT2D eigenvalue weighted by molar-refractivity contribution is 7.09. The molecule has 8 nitrogen and oxygen atoms in total. The summed E-state index contributed by atoms with van der Waals surface area (Å²) in [6.07, 6.45) is 6.28. The number of ether oxygens (including phenoxy) is 1. The molecule has 27 heavy (non-hydrogen) atoms. The second kappa shape index (κ2) is 6.93. The molecule has 0 aliphatic carbocycles. The van der Waals surface area contributed by atoms with Crippen LogP contribution in [0.4, 0.5) is 0 Å². The van der Waals surface area contributed by atoms with Crippen molar-refractivity contribution in [3.63, 3.8) is 0 Å². The SMILES string of the molecule is Cc1csc(CC(=O)c2cc(Oc3cncc(C#N)c3)cn3cnnc23)n1. The van der Waals surface area contributed by atoms with Crippen LogP contribution in [0, 0.1) is 18.3 Å². The first-order valence-corrected chi connectivity index (χ1v) is 8.81. The van der Waals surface area contributed by atoms with Crippen molar-refractivity contribution in [1.82, 2.24) is 24.6 Å². The number of hydrogen-bond donors (Lipinski definition) is 0. The Kier molecular flexibility index (Phi) is 4.32. The van der Waals surface area contributed by atoms with Gasteiger partial charge in [0.1, 0.15) is 28.9 Å². The molecule has 0 aliphatic rings. The minimum absolute atomic E-state index is 0.128. The quantitative estimate of drug-likeness (QED) is 0.493. The Balaban J connectivity index is 1.69. The first kappa shape index (κ1) is 16.8. The Morgan fingerprint density at radius 2 is 2.22 bits per heavy atom. The van der Waals surface area contributed by atoms with Gasteiger partial charge in [0.05, 0.1) is 29.9 Å². The van der Waals surface area contributed by atoms with E-state index in [1.165, 1.54) is 30.1 Å². The van der Waals surface area contributed by atoms with Gasteiger partial charge in [0.15, 0.2) is 11.4 Å². The van der Waals surface area contributed by atoms with E-state index in [0.717, 1.165) is 10.7 Å². The molecule has 0 aromatic carbocycles. The number of carbonyl (C=O) groups is 1. The van der Waals surface area contributed by atoms with Gasteiger partial charge in [-0.3, -0.25) is 14.2 Å². The summed E-state index contributed by atoms with van der Waals surface area (Å²) in [5.41, 5.74) is 2.11. The first-order chi connectivity index (χ1) is 13.1. The van der Waals surface area contributed by atoms with Crippen molar-refractivity contribution in [3.8, 4) is 17.6 Å². The second-order valence-corrected chi connectivity index (χ2v) is 6.70. The molecule has 0 N–H and O–H groups in total. The van der Waals surface area contributed by atoms with Crippen molar-refractivity contribution in [3.05, 3.63) is 64.3 Å². The van der Waals surface area contributed by atoms with E-state index in [9.17, 15) is 4.79 Å². The minimum atomic E-state index is -0.128. The molecule has 0 bridgehead atoms. The molecule has 0 amide bonds. The summed E-state index contributed by atoms with van der Waals surface area (Å²) < 4.78 is 7.41. The third kappa shape index (κ3) is 3.51. The normalized spacial score (nSPS) is 10.7. The Hall–Kier alpha value is -3.64. The van der Waals surface area contributed by atoms with E-state index in [4.69, 9.17) is 10.00 Å². The van der Waals surface area contributed by atoms with E-state index in [1.54, 1.807) is 22.7 Å². The summed E-state index contributed by atoms with van der Waals surface area (Å²) in [4.78, 5) is 21.1. The average Bonchev–Trinajstić information content (AvgIpc) is 3.29. The fourth-order valence-corrected chi connectivity index (χ4v) is 3.33. The summed E-state index contributed by atoms with van der Waals surface area (Å²) in [5.74, 6) is 0.685. The van der Waals surface area contributed by atoms with Crippen LogP contribution in [0.3, 0.4) is 0 Å². The Morgan fingerprint density at radius 3 is 3.00 bits per heavy atom. The zero-order chi connectivity index (χ0) is 18.8. The predicted molar refractivity (Wildman–Crippen MR) is 96.9 cm³/mol. The third-order valence-electron chi connectivity index (χ3n) is 3.72. The number of Topliss-reactive ketones (excluding diaryl/α,β-unsaturated/α-hetero) is 1. The molecule has 0 atom stereocenters. The minimum Gasteiger partial charge on any atom is -0.454 e. The molecule has 4 aromatic heterocycles. The number of ketones is 1. The maximum Gasteiger partial charge on any atom is 0.173 e. The lowest BCUT2D eigenvalue weighted by molar-refractivity contribution is 0.0993. The number of aryl methyl sites for hydroxylation is 1. The highest BCUT2D eigenvalue weighted by atomic mass is 32.1. The van der Waals surface area contributed by atoms with E-state index in [1.807, 2.05) is 18.4 Å². The smallest absolute Gasteiger partial charge is 0.173 e. The van der Waals surface area contributed by atoms with Gasteiger partial charge in [-0.05, 0) is 13.0 Å². The van der Waals surface area contributed by atoms with Crippen LogP contribution >= 0.6 is 11.3 Å². The summed E-state index contributed by atoms with van der Waals surface area (Å²) in [6, 6.07) is 5.20. The van der Waals surface area contributed by atoms with E-state index < -0.39 is 0 Å². The molecule has 132 valence electrons. The molecule has 0 aliphatic heterocycles. The van der Waals surface area contributed by atoms with Crippen LogP contribution < -0.4 is 4.74 Å². The molecule has 4 aromatic rings. The van der Waals surface area contributed by atoms with Crippen LogP contribution in [0.25, 0.3) is 5.65 Å². The van der Waals surface area contributed by atoms with Gasteiger partial charge in [-0.25, -0.2) is 4.98 Å². The van der Waals surface area contributed by atoms with Crippen LogP contribution in [0.1, 0.15) is 26.6 Å². The zero-order valence-corrected chi connectivity index (χ0v) is 15.0. The van der Waals surface area contributed by atoms with Gasteiger partial charge >= 0.3 is 0 Å². The Labute approximate surface area is 157 Å². The number of pyridine rings is 2. The zero-order valence-electron chi connectivity index (χ0n) is 14.2. The van der Waals surface area contributed by atoms with E-state index in [2.05, 4.69) is 20.2 Å². The third-order valence-corrected chi connectivity index (χ3v) is 4.69. The average molecular weight is 376 g/mol. The standard InChI is InChI=1S/C18H12N6O2S/c1-11-9-27-17(22-11)4-16(25)15-3-14(8-24-10-21-23-18(15)24)26-13-2-12(5-19)6-20-7-13/h2-3,6-10H,4H2,1H3. The summed E-state index contributed by atoms with van der Waals surface area (Å²) in [6.45, 7) is 1.89. The van der Waals surface area contributed by atoms with Crippen LogP contribution in [-0.4, -0.2) is 30.3 Å². The van der Waals surface area contributed by atoms with Gasteiger partial charge in [0, 0.05) is 23.3 Å². The molecular formula is C18H12N6O2S. The Morgan fingerprint density at radius 1 is 1.33 bits per heavy atom. The van der Waals surface area contributed by atoms with E-state index in [-0.39, 0.29) is 12.2 Å². The van der Waals surface area contributed by atoms with Crippen molar-refractivity contribution in [2.75, 3.05) is 0 Å². The molecule has 0 radical (unpaired) electrons. The van der Waals surface area contributed by atoms with Crippen molar-refractivity contribution in [2.24, 2.45) is 0 Å². The fourth-order valence-electron chi connectivity index (χ4n) is 2.56. The Bertz CT molecular complexity index is 1190. The molecule has 9 heteroatoms. The summed E-state index contributed by atoms with van der Waals surface area (Å²) >= 11 is 1.45. The lowest BCUT2D eigenvalue weighted by atomic mass is 10.1. The number of thiazole rings is 1. The van der Waals surface area contributed by atoms with Gasteiger partial charge in [-0.2, -0.15) is 5.26 Å². The molecule has 0 fully saturated rings. The molecular weight excluding hydrogens is 364 g/mol. The van der Waals surface area contributed by atoms with Crippen LogP contribution in [-0.2, 0) is 6.42 Å². The van der Waals surface area contributed by atoms with Crippen molar-refractivity contribution in [2.45, 2.75) is 13.3 Å². The van der Waals surface area contributed by atoms with E-state index in [0.29, 0.717) is 28.3 Å². The fraction of sp³-hybridized carbons (Fsp3) is 0.111. The number of carbonyl (C=O) groups excluding carboxylic acids is 1. The number of nitrogens with zero attached hydrogens (tertiary/aromatic N) is 6. The maximum absolute atomic E-state index is 12.8. The number of aromatic nitrogens is 5. The molecule has 0 saturated carbocycles. The largest absolute Gasteiger partial charge is 0.454 e. The lowest BCUT2D eigenvalue weighted by Crippen LogP contribution is -2.07. The number of fused-ring (bicyclic) bond motifs is 1. The van der Waals surface area contributed by atoms with Crippen LogP contribution in [0.5, 0.6) is 11.5 Å². The van der Waals surface area contributed by atoms with Crippen LogP contribution in [0.15, 0.2) is 42.4 Å². The highest BCUT2D eigenvalue weighted by Crippen LogP contribution is 2.25. The topological polar surface area (TPSA) is 106 Å². The predicted octanol–water partition coefficient (Wildman–Crippen LogP) is 2.98. The second-order valence-electron chi connectivity index (χ2n) is 5.76. The van der Waals surface area contributed by atoms with Gasteiger partial charge in [-0.15, -0.1) is 21.5 Å².